The number of hydrogen-bond acceptors (Lipinski definition) is 3. The number of alkyl halides is 3. The number of carbonyl (C=O) groups is 1. The summed E-state index contributed by atoms with van der Waals surface area (Å²) in [5, 5.41) is 4.52. The van der Waals surface area contributed by atoms with E-state index in [-0.39, 0.29) is 11.5 Å². The normalized spacial score (nSPS) is 13.0. The van der Waals surface area contributed by atoms with Gasteiger partial charge in [0.15, 0.2) is 5.13 Å². The Morgan fingerprint density at radius 2 is 2.09 bits per heavy atom. The highest BCUT2D eigenvalue weighted by atomic mass is 32.1. The molecule has 1 aromatic heterocycles. The molecule has 2 rings (SSSR count). The molecular formula is C15H14F4N2OS. The molecule has 1 heterocycles. The second kappa shape index (κ2) is 6.66. The predicted molar refractivity (Wildman–Crippen MR) is 80.2 cm³/mol. The van der Waals surface area contributed by atoms with E-state index in [1.54, 1.807) is 5.38 Å². The number of halogens is 4. The Morgan fingerprint density at radius 3 is 2.70 bits per heavy atom. The Labute approximate surface area is 134 Å². The minimum atomic E-state index is -4.86. The fraction of sp³-hybridized carbons (Fsp3) is 0.333. The van der Waals surface area contributed by atoms with Gasteiger partial charge in [-0.15, -0.1) is 11.3 Å². The van der Waals surface area contributed by atoms with Crippen molar-refractivity contribution in [1.82, 2.24) is 4.98 Å². The smallest absolute Gasteiger partial charge is 0.298 e. The quantitative estimate of drug-likeness (QED) is 0.786. The van der Waals surface area contributed by atoms with E-state index in [9.17, 15) is 22.4 Å². The Bertz CT molecular complexity index is 712. The van der Waals surface area contributed by atoms with E-state index >= 15 is 0 Å². The van der Waals surface area contributed by atoms with Crippen LogP contribution in [0.25, 0.3) is 0 Å². The summed E-state index contributed by atoms with van der Waals surface area (Å²) in [6, 6.07) is 2.13. The van der Waals surface area contributed by atoms with Gasteiger partial charge in [-0.25, -0.2) is 9.37 Å². The third kappa shape index (κ3) is 4.07. The lowest BCUT2D eigenvalue weighted by Gasteiger charge is -2.09. The Balaban J connectivity index is 2.20. The molecule has 8 heteroatoms. The molecular weight excluding hydrogens is 332 g/mol. The van der Waals surface area contributed by atoms with Crippen LogP contribution in [0.5, 0.6) is 0 Å². The molecule has 3 nitrogen and oxygen atoms in total. The van der Waals surface area contributed by atoms with Crippen molar-refractivity contribution in [3.05, 3.63) is 46.2 Å². The molecule has 0 aliphatic carbocycles. The maximum atomic E-state index is 13.2. The molecule has 0 bridgehead atoms. The second-order valence-electron chi connectivity index (χ2n) is 5.03. The van der Waals surface area contributed by atoms with Gasteiger partial charge in [0, 0.05) is 10.9 Å². The van der Waals surface area contributed by atoms with E-state index in [4.69, 9.17) is 0 Å². The molecule has 1 aromatic carbocycles. The SMILES string of the molecule is CCC(C)c1csc(NC(=O)c2ccc(F)c(C(F)(F)F)c2)n1. The molecule has 1 atom stereocenters. The van der Waals surface area contributed by atoms with Gasteiger partial charge in [0.1, 0.15) is 5.82 Å². The van der Waals surface area contributed by atoms with Crippen molar-refractivity contribution >= 4 is 22.4 Å². The number of anilines is 1. The molecule has 0 saturated carbocycles. The van der Waals surface area contributed by atoms with E-state index < -0.39 is 23.5 Å². The van der Waals surface area contributed by atoms with Crippen LogP contribution in [-0.2, 0) is 6.18 Å². The molecule has 0 aliphatic rings. The van der Waals surface area contributed by atoms with E-state index in [1.807, 2.05) is 13.8 Å². The van der Waals surface area contributed by atoms with Crippen LogP contribution < -0.4 is 5.32 Å². The van der Waals surface area contributed by atoms with Crippen molar-refractivity contribution in [3.8, 4) is 0 Å². The Morgan fingerprint density at radius 1 is 1.39 bits per heavy atom. The first-order chi connectivity index (χ1) is 10.7. The van der Waals surface area contributed by atoms with E-state index in [0.29, 0.717) is 17.3 Å². The van der Waals surface area contributed by atoms with Gasteiger partial charge in [-0.2, -0.15) is 13.2 Å². The predicted octanol–water partition coefficient (Wildman–Crippen LogP) is 5.07. The maximum Gasteiger partial charge on any atom is 0.419 e. The fourth-order valence-corrected chi connectivity index (χ4v) is 2.66. The summed E-state index contributed by atoms with van der Waals surface area (Å²) in [4.78, 5) is 16.2. The number of nitrogens with zero attached hydrogens (tertiary/aromatic N) is 1. The standard InChI is InChI=1S/C15H14F4N2OS/c1-3-8(2)12-7-23-14(20-12)21-13(22)9-4-5-11(16)10(6-9)15(17,18)19/h4-8H,3H2,1-2H3,(H,20,21,22). The van der Waals surface area contributed by atoms with Crippen LogP contribution in [-0.4, -0.2) is 10.9 Å². The monoisotopic (exact) mass is 346 g/mol. The number of amides is 1. The van der Waals surface area contributed by atoms with Crippen molar-refractivity contribution in [3.63, 3.8) is 0 Å². The van der Waals surface area contributed by atoms with E-state index in [0.717, 1.165) is 18.2 Å². The summed E-state index contributed by atoms with van der Waals surface area (Å²) < 4.78 is 51.2. The van der Waals surface area contributed by atoms with E-state index in [1.165, 1.54) is 11.3 Å². The van der Waals surface area contributed by atoms with Gasteiger partial charge < -0.3 is 0 Å². The molecule has 1 N–H and O–H groups in total. The average Bonchev–Trinajstić information content (AvgIpc) is 2.94. The molecule has 0 fully saturated rings. The third-order valence-electron chi connectivity index (χ3n) is 3.39. The number of carbonyl (C=O) groups excluding carboxylic acids is 1. The first kappa shape index (κ1) is 17.4. The molecule has 124 valence electrons. The molecule has 1 amide bonds. The van der Waals surface area contributed by atoms with Crippen LogP contribution in [0, 0.1) is 5.82 Å². The minimum Gasteiger partial charge on any atom is -0.298 e. The fourth-order valence-electron chi connectivity index (χ4n) is 1.83. The van der Waals surface area contributed by atoms with Crippen LogP contribution >= 0.6 is 11.3 Å². The lowest BCUT2D eigenvalue weighted by Crippen LogP contribution is -2.15. The van der Waals surface area contributed by atoms with Crippen LogP contribution in [0.4, 0.5) is 22.7 Å². The number of aromatic nitrogens is 1. The Kier molecular flexibility index (Phi) is 5.03. The zero-order chi connectivity index (χ0) is 17.2. The van der Waals surface area contributed by atoms with Gasteiger partial charge in [-0.3, -0.25) is 10.1 Å². The maximum absolute atomic E-state index is 13.2. The summed E-state index contributed by atoms with van der Waals surface area (Å²) in [6.45, 7) is 3.98. The van der Waals surface area contributed by atoms with Gasteiger partial charge in [-0.1, -0.05) is 13.8 Å². The van der Waals surface area contributed by atoms with E-state index in [2.05, 4.69) is 10.3 Å². The Hall–Kier alpha value is -1.96. The highest BCUT2D eigenvalue weighted by molar-refractivity contribution is 7.14. The minimum absolute atomic E-state index is 0.222. The van der Waals surface area contributed by atoms with Crippen molar-refractivity contribution in [2.24, 2.45) is 0 Å². The van der Waals surface area contributed by atoms with Crippen molar-refractivity contribution < 1.29 is 22.4 Å². The molecule has 0 spiro atoms. The molecule has 0 radical (unpaired) electrons. The largest absolute Gasteiger partial charge is 0.419 e. The number of benzene rings is 1. The third-order valence-corrected chi connectivity index (χ3v) is 4.17. The number of hydrogen-bond donors (Lipinski definition) is 1. The lowest BCUT2D eigenvalue weighted by molar-refractivity contribution is -0.140. The first-order valence-electron chi connectivity index (χ1n) is 6.86. The molecule has 0 aliphatic heterocycles. The van der Waals surface area contributed by atoms with Gasteiger partial charge in [0.05, 0.1) is 11.3 Å². The highest BCUT2D eigenvalue weighted by Crippen LogP contribution is 2.32. The molecule has 2 aromatic rings. The average molecular weight is 346 g/mol. The van der Waals surface area contributed by atoms with Gasteiger partial charge in [-0.05, 0) is 30.5 Å². The molecule has 23 heavy (non-hydrogen) atoms. The van der Waals surface area contributed by atoms with Crippen LogP contribution in [0.1, 0.15) is 47.8 Å². The highest BCUT2D eigenvalue weighted by Gasteiger charge is 2.34. The summed E-state index contributed by atoms with van der Waals surface area (Å²) in [7, 11) is 0. The van der Waals surface area contributed by atoms with Gasteiger partial charge in [0.2, 0.25) is 0 Å². The first-order valence-corrected chi connectivity index (χ1v) is 7.73. The summed E-state index contributed by atoms with van der Waals surface area (Å²) in [6.07, 6.45) is -3.98. The van der Waals surface area contributed by atoms with Gasteiger partial charge in [0.25, 0.3) is 5.91 Å². The van der Waals surface area contributed by atoms with Crippen molar-refractivity contribution in [1.29, 1.82) is 0 Å². The zero-order valence-electron chi connectivity index (χ0n) is 12.4. The van der Waals surface area contributed by atoms with Crippen LogP contribution in [0.2, 0.25) is 0 Å². The number of rotatable bonds is 4. The molecule has 1 unspecified atom stereocenters. The summed E-state index contributed by atoms with van der Waals surface area (Å²) >= 11 is 1.19. The topological polar surface area (TPSA) is 42.0 Å². The van der Waals surface area contributed by atoms with Crippen LogP contribution in [0.3, 0.4) is 0 Å². The second-order valence-corrected chi connectivity index (χ2v) is 5.89. The zero-order valence-corrected chi connectivity index (χ0v) is 13.2. The van der Waals surface area contributed by atoms with Crippen LogP contribution in [0.15, 0.2) is 23.6 Å². The number of nitrogens with one attached hydrogen (secondary N) is 1. The van der Waals surface area contributed by atoms with Crippen molar-refractivity contribution in [2.45, 2.75) is 32.4 Å². The lowest BCUT2D eigenvalue weighted by atomic mass is 10.1. The summed E-state index contributed by atoms with van der Waals surface area (Å²) in [5.41, 5.74) is -0.938. The van der Waals surface area contributed by atoms with Gasteiger partial charge >= 0.3 is 6.18 Å². The van der Waals surface area contributed by atoms with Crippen molar-refractivity contribution in [2.75, 3.05) is 5.32 Å². The summed E-state index contributed by atoms with van der Waals surface area (Å²) in [5.74, 6) is -1.96. The number of thiazole rings is 1. The molecule has 0 saturated heterocycles.